The molecule has 43 heavy (non-hydrogen) atoms. The monoisotopic (exact) mass is 611 g/mol. The molecule has 5 nitrogen and oxygen atoms in total. The van der Waals surface area contributed by atoms with Crippen LogP contribution in [0, 0.1) is 0 Å². The number of carbonyl (C=O) groups is 2. The van der Waals surface area contributed by atoms with E-state index in [0.717, 1.165) is 25.7 Å². The molecule has 0 unspecified atom stereocenters. The van der Waals surface area contributed by atoms with Crippen LogP contribution in [0.1, 0.15) is 213 Å². The van der Waals surface area contributed by atoms with E-state index in [0.29, 0.717) is 12.8 Å². The average molecular weight is 611 g/mol. The normalized spacial score (nSPS) is 12.0. The van der Waals surface area contributed by atoms with Crippen molar-refractivity contribution in [2.45, 2.75) is 219 Å². The molecular formula is C38H74O5. The zero-order valence-electron chi connectivity index (χ0n) is 29.0. The van der Waals surface area contributed by atoms with Crippen LogP contribution in [0.25, 0.3) is 0 Å². The highest BCUT2D eigenvalue weighted by Gasteiger charge is 2.12. The molecule has 0 aromatic rings. The van der Waals surface area contributed by atoms with Crippen molar-refractivity contribution in [3.8, 4) is 0 Å². The van der Waals surface area contributed by atoms with Crippen molar-refractivity contribution < 1.29 is 24.2 Å². The van der Waals surface area contributed by atoms with Crippen molar-refractivity contribution in [3.63, 3.8) is 0 Å². The average Bonchev–Trinajstić information content (AvgIpc) is 3.01. The smallest absolute Gasteiger partial charge is 0.305 e. The van der Waals surface area contributed by atoms with Gasteiger partial charge in [0.05, 0.1) is 0 Å². The van der Waals surface area contributed by atoms with E-state index < -0.39 is 6.10 Å². The van der Waals surface area contributed by atoms with Crippen molar-refractivity contribution in [1.82, 2.24) is 0 Å². The number of aliphatic hydroxyl groups is 1. The minimum absolute atomic E-state index is 0.107. The lowest BCUT2D eigenvalue weighted by Gasteiger charge is -2.12. The van der Waals surface area contributed by atoms with Crippen molar-refractivity contribution in [3.05, 3.63) is 0 Å². The first kappa shape index (κ1) is 41.9. The number of rotatable bonds is 35. The number of unbranched alkanes of at least 4 members (excludes halogenated alkanes) is 27. The van der Waals surface area contributed by atoms with Crippen molar-refractivity contribution in [2.75, 3.05) is 13.2 Å². The van der Waals surface area contributed by atoms with Gasteiger partial charge in [-0.2, -0.15) is 0 Å². The minimum atomic E-state index is -0.953. The standard InChI is InChI=1S/C38H74O5/c1-3-5-7-9-11-13-15-17-18-19-20-21-23-25-27-29-31-33-38(41)43-35-36(39)34-42-37(40)32-30-28-26-24-22-16-14-12-10-8-6-4-2/h36,39H,3-35H2,1-2H3/t36-/m0/s1. The Morgan fingerprint density at radius 2 is 0.605 bits per heavy atom. The number of hydrogen-bond acceptors (Lipinski definition) is 5. The largest absolute Gasteiger partial charge is 0.463 e. The summed E-state index contributed by atoms with van der Waals surface area (Å²) in [6.07, 6.45) is 37.2. The number of esters is 2. The van der Waals surface area contributed by atoms with Gasteiger partial charge < -0.3 is 14.6 Å². The van der Waals surface area contributed by atoms with E-state index in [4.69, 9.17) is 9.47 Å². The molecule has 0 fully saturated rings. The van der Waals surface area contributed by atoms with E-state index in [9.17, 15) is 14.7 Å². The first-order valence-corrected chi connectivity index (χ1v) is 19.1. The summed E-state index contributed by atoms with van der Waals surface area (Å²) < 4.78 is 10.3. The van der Waals surface area contributed by atoms with Gasteiger partial charge in [-0.05, 0) is 12.8 Å². The highest BCUT2D eigenvalue weighted by Crippen LogP contribution is 2.15. The summed E-state index contributed by atoms with van der Waals surface area (Å²) >= 11 is 0. The maximum atomic E-state index is 11.9. The van der Waals surface area contributed by atoms with Crippen LogP contribution in [-0.4, -0.2) is 36.4 Å². The summed E-state index contributed by atoms with van der Waals surface area (Å²) in [5.74, 6) is -0.552. The molecular weight excluding hydrogens is 536 g/mol. The fourth-order valence-corrected chi connectivity index (χ4v) is 5.68. The molecule has 0 aliphatic carbocycles. The quantitative estimate of drug-likeness (QED) is 0.0571. The van der Waals surface area contributed by atoms with E-state index in [-0.39, 0.29) is 25.2 Å². The van der Waals surface area contributed by atoms with Gasteiger partial charge in [0.25, 0.3) is 0 Å². The third-order valence-corrected chi connectivity index (χ3v) is 8.59. The molecule has 0 aromatic heterocycles. The SMILES string of the molecule is CCCCCCCCCCCCCCCCCCCC(=O)OC[C@@H](O)COC(=O)CCCCCCCCCCCCCC. The van der Waals surface area contributed by atoms with Crippen LogP contribution in [0.3, 0.4) is 0 Å². The number of ether oxygens (including phenoxy) is 2. The first-order valence-electron chi connectivity index (χ1n) is 19.1. The van der Waals surface area contributed by atoms with Gasteiger partial charge in [-0.25, -0.2) is 0 Å². The van der Waals surface area contributed by atoms with Gasteiger partial charge in [0.2, 0.25) is 0 Å². The lowest BCUT2D eigenvalue weighted by atomic mass is 10.0. The molecule has 0 saturated carbocycles. The Hall–Kier alpha value is -1.10. The second kappa shape index (κ2) is 35.4. The third-order valence-electron chi connectivity index (χ3n) is 8.59. The van der Waals surface area contributed by atoms with Crippen LogP contribution < -0.4 is 0 Å². The fraction of sp³-hybridized carbons (Fsp3) is 0.947. The Labute approximate surface area is 268 Å². The van der Waals surface area contributed by atoms with E-state index in [1.807, 2.05) is 0 Å². The molecule has 5 heteroatoms. The molecule has 0 aromatic carbocycles. The molecule has 0 amide bonds. The lowest BCUT2D eigenvalue weighted by Crippen LogP contribution is -2.25. The fourth-order valence-electron chi connectivity index (χ4n) is 5.68. The number of carbonyl (C=O) groups excluding carboxylic acids is 2. The van der Waals surface area contributed by atoms with Gasteiger partial charge in [0.1, 0.15) is 19.3 Å². The van der Waals surface area contributed by atoms with Crippen LogP contribution in [0.15, 0.2) is 0 Å². The minimum Gasteiger partial charge on any atom is -0.463 e. The molecule has 0 saturated heterocycles. The summed E-state index contributed by atoms with van der Waals surface area (Å²) in [6, 6.07) is 0. The summed E-state index contributed by atoms with van der Waals surface area (Å²) in [5.41, 5.74) is 0. The second-order valence-corrected chi connectivity index (χ2v) is 13.1. The van der Waals surface area contributed by atoms with Gasteiger partial charge >= 0.3 is 11.9 Å². The highest BCUT2D eigenvalue weighted by molar-refractivity contribution is 5.69. The Morgan fingerprint density at radius 1 is 0.395 bits per heavy atom. The van der Waals surface area contributed by atoms with E-state index in [2.05, 4.69) is 13.8 Å². The van der Waals surface area contributed by atoms with Crippen LogP contribution in [0.4, 0.5) is 0 Å². The Bertz CT molecular complexity index is 579. The summed E-state index contributed by atoms with van der Waals surface area (Å²) in [4.78, 5) is 23.9. The molecule has 0 rings (SSSR count). The maximum absolute atomic E-state index is 11.9. The molecule has 256 valence electrons. The third kappa shape index (κ3) is 35.3. The molecule has 1 atom stereocenters. The van der Waals surface area contributed by atoms with Crippen molar-refractivity contribution >= 4 is 11.9 Å². The van der Waals surface area contributed by atoms with Gasteiger partial charge in [-0.15, -0.1) is 0 Å². The van der Waals surface area contributed by atoms with E-state index >= 15 is 0 Å². The summed E-state index contributed by atoms with van der Waals surface area (Å²) in [6.45, 7) is 4.32. The molecule has 0 heterocycles. The topological polar surface area (TPSA) is 72.8 Å². The van der Waals surface area contributed by atoms with Gasteiger partial charge in [0, 0.05) is 12.8 Å². The van der Waals surface area contributed by atoms with Gasteiger partial charge in [-0.3, -0.25) is 9.59 Å². The van der Waals surface area contributed by atoms with E-state index in [1.165, 1.54) is 161 Å². The predicted octanol–water partition coefficient (Wildman–Crippen LogP) is 11.6. The highest BCUT2D eigenvalue weighted by atomic mass is 16.6. The molecule has 1 N–H and O–H groups in total. The summed E-state index contributed by atoms with van der Waals surface area (Å²) in [7, 11) is 0. The number of hydrogen-bond donors (Lipinski definition) is 1. The second-order valence-electron chi connectivity index (χ2n) is 13.1. The van der Waals surface area contributed by atoms with Crippen molar-refractivity contribution in [2.24, 2.45) is 0 Å². The predicted molar refractivity (Wildman–Crippen MR) is 182 cm³/mol. The number of aliphatic hydroxyl groups excluding tert-OH is 1. The zero-order valence-corrected chi connectivity index (χ0v) is 29.0. The van der Waals surface area contributed by atoms with E-state index in [1.54, 1.807) is 0 Å². The Morgan fingerprint density at radius 3 is 0.837 bits per heavy atom. The zero-order chi connectivity index (χ0) is 31.5. The Balaban J connectivity index is 3.37. The van der Waals surface area contributed by atoms with Gasteiger partial charge in [0.15, 0.2) is 0 Å². The lowest BCUT2D eigenvalue weighted by molar-refractivity contribution is -0.152. The van der Waals surface area contributed by atoms with Gasteiger partial charge in [-0.1, -0.05) is 187 Å². The van der Waals surface area contributed by atoms with Crippen LogP contribution in [0.5, 0.6) is 0 Å². The Kier molecular flexibility index (Phi) is 34.5. The molecule has 0 spiro atoms. The van der Waals surface area contributed by atoms with Crippen LogP contribution in [-0.2, 0) is 19.1 Å². The van der Waals surface area contributed by atoms with Crippen LogP contribution >= 0.6 is 0 Å². The first-order chi connectivity index (χ1) is 21.1. The summed E-state index contributed by atoms with van der Waals surface area (Å²) in [5, 5.41) is 9.99. The molecule has 0 radical (unpaired) electrons. The van der Waals surface area contributed by atoms with Crippen molar-refractivity contribution in [1.29, 1.82) is 0 Å². The van der Waals surface area contributed by atoms with Crippen LogP contribution in [0.2, 0.25) is 0 Å². The molecule has 0 aliphatic rings. The maximum Gasteiger partial charge on any atom is 0.305 e. The molecule has 0 aliphatic heterocycles. The molecule has 0 bridgehead atoms.